The van der Waals surface area contributed by atoms with Crippen LogP contribution in [0, 0.1) is 0 Å². The van der Waals surface area contributed by atoms with Crippen molar-refractivity contribution in [1.29, 1.82) is 0 Å². The number of hydrogen-bond donors (Lipinski definition) is 0. The van der Waals surface area contributed by atoms with E-state index in [9.17, 15) is 0 Å². The molecule has 0 fully saturated rings. The zero-order valence-electron chi connectivity index (χ0n) is 10.9. The molecule has 0 saturated heterocycles. The van der Waals surface area contributed by atoms with Gasteiger partial charge in [-0.1, -0.05) is 0 Å². The SMILES string of the molecule is COc1ccc(N=Cc2ccn(C(C)C)c2)cn1. The van der Waals surface area contributed by atoms with Crippen LogP contribution >= 0.6 is 0 Å². The van der Waals surface area contributed by atoms with Crippen molar-refractivity contribution in [3.05, 3.63) is 42.4 Å². The fourth-order valence-corrected chi connectivity index (χ4v) is 1.55. The minimum absolute atomic E-state index is 0.467. The van der Waals surface area contributed by atoms with Crippen molar-refractivity contribution in [1.82, 2.24) is 9.55 Å². The molecular formula is C14H17N3O. The second kappa shape index (κ2) is 5.49. The minimum Gasteiger partial charge on any atom is -0.481 e. The van der Waals surface area contributed by atoms with E-state index in [1.54, 1.807) is 19.4 Å². The van der Waals surface area contributed by atoms with Crippen molar-refractivity contribution in [2.45, 2.75) is 19.9 Å². The molecule has 0 aliphatic carbocycles. The molecule has 2 aromatic rings. The first-order chi connectivity index (χ1) is 8.69. The number of pyridine rings is 1. The summed E-state index contributed by atoms with van der Waals surface area (Å²) < 4.78 is 7.14. The molecule has 0 amide bonds. The molecule has 0 aliphatic heterocycles. The third kappa shape index (κ3) is 2.97. The quantitative estimate of drug-likeness (QED) is 0.773. The molecule has 0 bridgehead atoms. The van der Waals surface area contributed by atoms with E-state index in [1.165, 1.54) is 0 Å². The van der Waals surface area contributed by atoms with E-state index in [1.807, 2.05) is 18.3 Å². The fraction of sp³-hybridized carbons (Fsp3) is 0.286. The van der Waals surface area contributed by atoms with Crippen LogP contribution in [0.2, 0.25) is 0 Å². The summed E-state index contributed by atoms with van der Waals surface area (Å²) in [7, 11) is 1.60. The Labute approximate surface area is 107 Å². The van der Waals surface area contributed by atoms with Crippen LogP contribution in [-0.2, 0) is 0 Å². The number of methoxy groups -OCH3 is 1. The molecule has 2 aromatic heterocycles. The molecule has 0 unspecified atom stereocenters. The van der Waals surface area contributed by atoms with Gasteiger partial charge in [-0.05, 0) is 26.0 Å². The van der Waals surface area contributed by atoms with Crippen LogP contribution in [0.25, 0.3) is 0 Å². The lowest BCUT2D eigenvalue weighted by molar-refractivity contribution is 0.398. The summed E-state index contributed by atoms with van der Waals surface area (Å²) in [6, 6.07) is 6.18. The molecule has 0 aromatic carbocycles. The van der Waals surface area contributed by atoms with E-state index < -0.39 is 0 Å². The molecule has 0 saturated carbocycles. The highest BCUT2D eigenvalue weighted by Gasteiger charge is 1.98. The molecule has 0 aliphatic rings. The summed E-state index contributed by atoms with van der Waals surface area (Å²) in [5.74, 6) is 0.597. The van der Waals surface area contributed by atoms with Gasteiger partial charge >= 0.3 is 0 Å². The summed E-state index contributed by atoms with van der Waals surface area (Å²) in [6.07, 6.45) is 7.65. The Morgan fingerprint density at radius 1 is 1.33 bits per heavy atom. The molecule has 0 spiro atoms. The minimum atomic E-state index is 0.467. The van der Waals surface area contributed by atoms with Gasteiger partial charge in [-0.15, -0.1) is 0 Å². The largest absolute Gasteiger partial charge is 0.481 e. The average Bonchev–Trinajstić information content (AvgIpc) is 2.86. The van der Waals surface area contributed by atoms with E-state index in [0.717, 1.165) is 11.3 Å². The zero-order chi connectivity index (χ0) is 13.0. The number of rotatable bonds is 4. The lowest BCUT2D eigenvalue weighted by Gasteiger charge is -2.04. The first kappa shape index (κ1) is 12.4. The lowest BCUT2D eigenvalue weighted by atomic mass is 10.3. The van der Waals surface area contributed by atoms with Crippen molar-refractivity contribution in [2.24, 2.45) is 4.99 Å². The predicted molar refractivity (Wildman–Crippen MR) is 72.9 cm³/mol. The Bertz CT molecular complexity index is 526. The highest BCUT2D eigenvalue weighted by atomic mass is 16.5. The monoisotopic (exact) mass is 243 g/mol. The second-order valence-electron chi connectivity index (χ2n) is 4.30. The molecular weight excluding hydrogens is 226 g/mol. The number of nitrogens with zero attached hydrogens (tertiary/aromatic N) is 3. The van der Waals surface area contributed by atoms with E-state index >= 15 is 0 Å². The topological polar surface area (TPSA) is 39.4 Å². The number of aromatic nitrogens is 2. The number of aliphatic imine (C=N–C) groups is 1. The van der Waals surface area contributed by atoms with Crippen molar-refractivity contribution >= 4 is 11.9 Å². The highest BCUT2D eigenvalue weighted by molar-refractivity contribution is 5.81. The van der Waals surface area contributed by atoms with Gasteiger partial charge < -0.3 is 9.30 Å². The molecule has 0 radical (unpaired) electrons. The van der Waals surface area contributed by atoms with Crippen LogP contribution in [0.15, 0.2) is 41.8 Å². The van der Waals surface area contributed by atoms with E-state index in [0.29, 0.717) is 11.9 Å². The Morgan fingerprint density at radius 3 is 2.72 bits per heavy atom. The summed E-state index contributed by atoms with van der Waals surface area (Å²) >= 11 is 0. The summed E-state index contributed by atoms with van der Waals surface area (Å²) in [6.45, 7) is 4.29. The highest BCUT2D eigenvalue weighted by Crippen LogP contribution is 2.14. The van der Waals surface area contributed by atoms with Crippen molar-refractivity contribution < 1.29 is 4.74 Å². The maximum atomic E-state index is 5.00. The van der Waals surface area contributed by atoms with Gasteiger partial charge in [0.2, 0.25) is 5.88 Å². The number of hydrogen-bond acceptors (Lipinski definition) is 3. The molecule has 2 rings (SSSR count). The Morgan fingerprint density at radius 2 is 2.17 bits per heavy atom. The molecule has 18 heavy (non-hydrogen) atoms. The Balaban J connectivity index is 2.09. The molecule has 2 heterocycles. The summed E-state index contributed by atoms with van der Waals surface area (Å²) in [5.41, 5.74) is 1.90. The van der Waals surface area contributed by atoms with E-state index in [4.69, 9.17) is 4.74 Å². The van der Waals surface area contributed by atoms with Crippen molar-refractivity contribution in [3.8, 4) is 5.88 Å². The Hall–Kier alpha value is -2.10. The first-order valence-corrected chi connectivity index (χ1v) is 5.90. The lowest BCUT2D eigenvalue weighted by Crippen LogP contribution is -1.95. The van der Waals surface area contributed by atoms with Gasteiger partial charge in [0.25, 0.3) is 0 Å². The third-order valence-electron chi connectivity index (χ3n) is 2.63. The molecule has 0 atom stereocenters. The van der Waals surface area contributed by atoms with Crippen LogP contribution in [0.3, 0.4) is 0 Å². The van der Waals surface area contributed by atoms with Crippen LogP contribution in [-0.4, -0.2) is 22.9 Å². The molecule has 94 valence electrons. The third-order valence-corrected chi connectivity index (χ3v) is 2.63. The first-order valence-electron chi connectivity index (χ1n) is 5.90. The van der Waals surface area contributed by atoms with Gasteiger partial charge in [0.1, 0.15) is 0 Å². The maximum absolute atomic E-state index is 5.00. The molecule has 4 heteroatoms. The average molecular weight is 243 g/mol. The van der Waals surface area contributed by atoms with Gasteiger partial charge in [0, 0.05) is 36.3 Å². The fourth-order valence-electron chi connectivity index (χ4n) is 1.55. The second-order valence-corrected chi connectivity index (χ2v) is 4.30. The van der Waals surface area contributed by atoms with Gasteiger partial charge in [-0.2, -0.15) is 0 Å². The van der Waals surface area contributed by atoms with Crippen LogP contribution in [0.4, 0.5) is 5.69 Å². The van der Waals surface area contributed by atoms with Crippen LogP contribution in [0.5, 0.6) is 5.88 Å². The predicted octanol–water partition coefficient (Wildman–Crippen LogP) is 3.22. The van der Waals surface area contributed by atoms with Gasteiger partial charge in [0.05, 0.1) is 19.0 Å². The molecule has 0 N–H and O–H groups in total. The Kier molecular flexibility index (Phi) is 3.77. The standard InChI is InChI=1S/C14H17N3O/c1-11(2)17-7-6-12(10-17)8-15-13-4-5-14(18-3)16-9-13/h4-11H,1-3H3. The summed E-state index contributed by atoms with van der Waals surface area (Å²) in [4.78, 5) is 8.47. The van der Waals surface area contributed by atoms with E-state index in [2.05, 4.69) is 40.8 Å². The number of ether oxygens (including phenoxy) is 1. The summed E-state index contributed by atoms with van der Waals surface area (Å²) in [5, 5.41) is 0. The van der Waals surface area contributed by atoms with Crippen molar-refractivity contribution in [3.63, 3.8) is 0 Å². The normalized spacial score (nSPS) is 11.3. The van der Waals surface area contributed by atoms with Crippen molar-refractivity contribution in [2.75, 3.05) is 7.11 Å². The van der Waals surface area contributed by atoms with Gasteiger partial charge in [-0.3, -0.25) is 4.99 Å². The smallest absolute Gasteiger partial charge is 0.213 e. The van der Waals surface area contributed by atoms with Crippen LogP contribution < -0.4 is 4.74 Å². The molecule has 4 nitrogen and oxygen atoms in total. The maximum Gasteiger partial charge on any atom is 0.213 e. The van der Waals surface area contributed by atoms with Crippen LogP contribution in [0.1, 0.15) is 25.5 Å². The van der Waals surface area contributed by atoms with Gasteiger partial charge in [-0.25, -0.2) is 4.98 Å². The van der Waals surface area contributed by atoms with Gasteiger partial charge in [0.15, 0.2) is 0 Å². The van der Waals surface area contributed by atoms with E-state index in [-0.39, 0.29) is 0 Å². The zero-order valence-corrected chi connectivity index (χ0v) is 10.9.